The second kappa shape index (κ2) is 4.85. The van der Waals surface area contributed by atoms with Crippen molar-refractivity contribution in [3.05, 3.63) is 41.3 Å². The molecular weight excluding hydrogens is 264 g/mol. The van der Waals surface area contributed by atoms with E-state index in [2.05, 4.69) is 20.6 Å². The summed E-state index contributed by atoms with van der Waals surface area (Å²) in [6.45, 7) is 0. The molecule has 0 fully saturated rings. The fourth-order valence-corrected chi connectivity index (χ4v) is 2.15. The van der Waals surface area contributed by atoms with Crippen LogP contribution in [0.4, 0.5) is 17.2 Å². The summed E-state index contributed by atoms with van der Waals surface area (Å²) in [6, 6.07) is 7.48. The van der Waals surface area contributed by atoms with Gasteiger partial charge in [-0.2, -0.15) is 0 Å². The van der Waals surface area contributed by atoms with Gasteiger partial charge in [0.1, 0.15) is 17.3 Å². The summed E-state index contributed by atoms with van der Waals surface area (Å²) in [6.07, 6.45) is 2.72. The number of nitrogens with one attached hydrogen (secondary N) is 2. The first-order valence-electron chi connectivity index (χ1n) is 5.88. The summed E-state index contributed by atoms with van der Waals surface area (Å²) in [7, 11) is 0. The third kappa shape index (κ3) is 2.66. The molecule has 0 aliphatic carbocycles. The molecule has 1 amide bonds. The molecule has 1 aromatic carbocycles. The zero-order valence-corrected chi connectivity index (χ0v) is 10.7. The first-order valence-corrected chi connectivity index (χ1v) is 6.26. The van der Waals surface area contributed by atoms with Gasteiger partial charge in [-0.15, -0.1) is 0 Å². The largest absolute Gasteiger partial charge is 0.340 e. The first kappa shape index (κ1) is 11.9. The molecule has 6 heteroatoms. The summed E-state index contributed by atoms with van der Waals surface area (Å²) in [4.78, 5) is 19.3. The highest BCUT2D eigenvalue weighted by atomic mass is 35.5. The maximum Gasteiger partial charge on any atom is 0.224 e. The van der Waals surface area contributed by atoms with Gasteiger partial charge in [0.15, 0.2) is 0 Å². The number of aryl methyl sites for hydroxylation is 1. The van der Waals surface area contributed by atoms with Crippen molar-refractivity contribution in [3.8, 4) is 0 Å². The summed E-state index contributed by atoms with van der Waals surface area (Å²) in [5.74, 6) is 0.664. The van der Waals surface area contributed by atoms with Gasteiger partial charge in [-0.05, 0) is 24.1 Å². The Hall–Kier alpha value is -2.14. The molecule has 96 valence electrons. The van der Waals surface area contributed by atoms with E-state index in [1.165, 1.54) is 6.33 Å². The minimum atomic E-state index is 0.0507. The lowest BCUT2D eigenvalue weighted by atomic mass is 10.0. The fourth-order valence-electron chi connectivity index (χ4n) is 2.00. The van der Waals surface area contributed by atoms with Gasteiger partial charge in [0.05, 0.1) is 0 Å². The molecule has 0 unspecified atom stereocenters. The van der Waals surface area contributed by atoms with E-state index in [0.29, 0.717) is 17.4 Å². The van der Waals surface area contributed by atoms with Crippen molar-refractivity contribution in [1.82, 2.24) is 9.97 Å². The second-order valence-electron chi connectivity index (χ2n) is 4.27. The van der Waals surface area contributed by atoms with Crippen molar-refractivity contribution in [1.29, 1.82) is 0 Å². The quantitative estimate of drug-likeness (QED) is 0.827. The minimum Gasteiger partial charge on any atom is -0.340 e. The summed E-state index contributed by atoms with van der Waals surface area (Å²) < 4.78 is 0. The predicted octanol–water partition coefficient (Wildman–Crippen LogP) is 2.76. The van der Waals surface area contributed by atoms with Gasteiger partial charge in [0.2, 0.25) is 5.91 Å². The molecule has 3 rings (SSSR count). The van der Waals surface area contributed by atoms with E-state index in [1.54, 1.807) is 6.07 Å². The van der Waals surface area contributed by atoms with Crippen LogP contribution in [0, 0.1) is 0 Å². The Labute approximate surface area is 115 Å². The topological polar surface area (TPSA) is 66.9 Å². The lowest BCUT2D eigenvalue weighted by Gasteiger charge is -2.17. The normalized spacial score (nSPS) is 13.6. The summed E-state index contributed by atoms with van der Waals surface area (Å²) >= 11 is 5.80. The molecule has 2 aromatic rings. The zero-order valence-electron chi connectivity index (χ0n) is 9.98. The lowest BCUT2D eigenvalue weighted by molar-refractivity contribution is -0.116. The molecule has 0 spiro atoms. The smallest absolute Gasteiger partial charge is 0.224 e. The molecule has 1 aliphatic rings. The molecule has 2 heterocycles. The maximum atomic E-state index is 11.4. The Morgan fingerprint density at radius 1 is 1.21 bits per heavy atom. The first-order chi connectivity index (χ1) is 9.20. The number of aromatic nitrogens is 2. The highest BCUT2D eigenvalue weighted by Crippen LogP contribution is 2.27. The van der Waals surface area contributed by atoms with Crippen molar-refractivity contribution in [3.63, 3.8) is 0 Å². The van der Waals surface area contributed by atoms with Crippen molar-refractivity contribution in [2.75, 3.05) is 10.6 Å². The Bertz CT molecular complexity index is 644. The number of carbonyl (C=O) groups excluding carboxylic acids is 1. The molecule has 0 atom stereocenters. The Kier molecular flexibility index (Phi) is 3.05. The number of amides is 1. The van der Waals surface area contributed by atoms with Crippen LogP contribution in [0.15, 0.2) is 30.6 Å². The molecule has 5 nitrogen and oxygen atoms in total. The van der Waals surface area contributed by atoms with E-state index in [0.717, 1.165) is 23.4 Å². The van der Waals surface area contributed by atoms with Gasteiger partial charge < -0.3 is 10.6 Å². The molecule has 1 aliphatic heterocycles. The van der Waals surface area contributed by atoms with E-state index >= 15 is 0 Å². The third-order valence-corrected chi connectivity index (χ3v) is 3.12. The van der Waals surface area contributed by atoms with E-state index < -0.39 is 0 Å². The van der Waals surface area contributed by atoms with Crippen LogP contribution in [0.5, 0.6) is 0 Å². The van der Waals surface area contributed by atoms with Crippen molar-refractivity contribution in [2.24, 2.45) is 0 Å². The molecule has 1 aromatic heterocycles. The van der Waals surface area contributed by atoms with Crippen LogP contribution in [0.3, 0.4) is 0 Å². The summed E-state index contributed by atoms with van der Waals surface area (Å²) in [5.41, 5.74) is 2.84. The molecule has 0 radical (unpaired) electrons. The molecule has 2 N–H and O–H groups in total. The molecule has 0 bridgehead atoms. The standard InChI is InChI=1S/C13H11ClN4O/c14-11-6-12(16-7-15-11)17-9-3-1-8-2-4-13(19)18-10(8)5-9/h1,3,5-7H,2,4H2,(H,18,19)(H,15,16,17). The van der Waals surface area contributed by atoms with Crippen LogP contribution in [-0.4, -0.2) is 15.9 Å². The third-order valence-electron chi connectivity index (χ3n) is 2.91. The van der Waals surface area contributed by atoms with Crippen molar-refractivity contribution < 1.29 is 4.79 Å². The SMILES string of the molecule is O=C1CCc2ccc(Nc3cc(Cl)ncn3)cc2N1. The lowest BCUT2D eigenvalue weighted by Crippen LogP contribution is -2.18. The van der Waals surface area contributed by atoms with Crippen LogP contribution in [0.1, 0.15) is 12.0 Å². The second-order valence-corrected chi connectivity index (χ2v) is 4.66. The van der Waals surface area contributed by atoms with Crippen LogP contribution in [0.2, 0.25) is 5.15 Å². The van der Waals surface area contributed by atoms with E-state index in [4.69, 9.17) is 11.6 Å². The molecule has 0 saturated heterocycles. The number of rotatable bonds is 2. The summed E-state index contributed by atoms with van der Waals surface area (Å²) in [5, 5.41) is 6.36. The van der Waals surface area contributed by atoms with Crippen molar-refractivity contribution in [2.45, 2.75) is 12.8 Å². The van der Waals surface area contributed by atoms with Crippen LogP contribution in [0.25, 0.3) is 0 Å². The number of anilines is 3. The number of carbonyl (C=O) groups is 1. The number of hydrogen-bond acceptors (Lipinski definition) is 4. The monoisotopic (exact) mass is 274 g/mol. The number of benzene rings is 1. The Balaban J connectivity index is 1.86. The molecule has 0 saturated carbocycles. The van der Waals surface area contributed by atoms with Gasteiger partial charge in [-0.25, -0.2) is 9.97 Å². The van der Waals surface area contributed by atoms with Gasteiger partial charge >= 0.3 is 0 Å². The van der Waals surface area contributed by atoms with Crippen LogP contribution in [-0.2, 0) is 11.2 Å². The average Bonchev–Trinajstić information content (AvgIpc) is 2.38. The molecular formula is C13H11ClN4O. The van der Waals surface area contributed by atoms with Gasteiger partial charge in [0.25, 0.3) is 0 Å². The highest BCUT2D eigenvalue weighted by Gasteiger charge is 2.14. The zero-order chi connectivity index (χ0) is 13.2. The van der Waals surface area contributed by atoms with Crippen LogP contribution < -0.4 is 10.6 Å². The number of halogens is 1. The van der Waals surface area contributed by atoms with E-state index in [1.807, 2.05) is 18.2 Å². The number of hydrogen-bond donors (Lipinski definition) is 2. The highest BCUT2D eigenvalue weighted by molar-refractivity contribution is 6.29. The fraction of sp³-hybridized carbons (Fsp3) is 0.154. The Morgan fingerprint density at radius 2 is 2.11 bits per heavy atom. The van der Waals surface area contributed by atoms with Crippen molar-refractivity contribution >= 4 is 34.7 Å². The molecule has 19 heavy (non-hydrogen) atoms. The maximum absolute atomic E-state index is 11.4. The van der Waals surface area contributed by atoms with Gasteiger partial charge in [0, 0.05) is 23.9 Å². The van der Waals surface area contributed by atoms with Gasteiger partial charge in [-0.1, -0.05) is 17.7 Å². The predicted molar refractivity (Wildman–Crippen MR) is 73.7 cm³/mol. The Morgan fingerprint density at radius 3 is 2.95 bits per heavy atom. The van der Waals surface area contributed by atoms with E-state index in [9.17, 15) is 4.79 Å². The van der Waals surface area contributed by atoms with E-state index in [-0.39, 0.29) is 5.91 Å². The average molecular weight is 275 g/mol. The number of fused-ring (bicyclic) bond motifs is 1. The minimum absolute atomic E-state index is 0.0507. The number of nitrogens with zero attached hydrogens (tertiary/aromatic N) is 2. The van der Waals surface area contributed by atoms with Gasteiger partial charge in [-0.3, -0.25) is 4.79 Å². The van der Waals surface area contributed by atoms with Crippen LogP contribution >= 0.6 is 11.6 Å².